The highest BCUT2D eigenvalue weighted by molar-refractivity contribution is 5.96. The fourth-order valence-electron chi connectivity index (χ4n) is 2.87. The number of hydrogen-bond donors (Lipinski definition) is 2. The Balaban J connectivity index is 2.15. The van der Waals surface area contributed by atoms with E-state index in [9.17, 15) is 14.7 Å². The van der Waals surface area contributed by atoms with Crippen LogP contribution in [0.4, 0.5) is 5.69 Å². The molecule has 1 fully saturated rings. The highest BCUT2D eigenvalue weighted by atomic mass is 16.5. The number of carbonyl (C=O) groups excluding carboxylic acids is 1. The fourth-order valence-corrected chi connectivity index (χ4v) is 2.87. The summed E-state index contributed by atoms with van der Waals surface area (Å²) < 4.78 is 10.4. The summed E-state index contributed by atoms with van der Waals surface area (Å²) in [4.78, 5) is 23.8. The first kappa shape index (κ1) is 16.1. The van der Waals surface area contributed by atoms with Crippen LogP contribution in [0.15, 0.2) is 18.2 Å². The molecule has 0 aromatic heterocycles. The number of amides is 1. The molecule has 0 aliphatic heterocycles. The van der Waals surface area contributed by atoms with Gasteiger partial charge in [0.15, 0.2) is 0 Å². The van der Waals surface area contributed by atoms with Crippen LogP contribution in [0.25, 0.3) is 0 Å². The zero-order valence-corrected chi connectivity index (χ0v) is 12.8. The monoisotopic (exact) mass is 307 g/mol. The van der Waals surface area contributed by atoms with E-state index < -0.39 is 17.8 Å². The van der Waals surface area contributed by atoms with Crippen LogP contribution in [0.1, 0.15) is 25.7 Å². The van der Waals surface area contributed by atoms with E-state index in [1.165, 1.54) is 7.11 Å². The van der Waals surface area contributed by atoms with E-state index in [0.717, 1.165) is 12.8 Å². The standard InChI is InChI=1S/C16H21NO5/c1-21-10-7-8-13(14(9-10)22-2)17-15(18)11-5-3-4-6-12(11)16(19)20/h7-9,11-12H,3-6H2,1-2H3,(H,17,18)(H,19,20)/t11-,12-/m0/s1. The van der Waals surface area contributed by atoms with Crippen LogP contribution >= 0.6 is 0 Å². The van der Waals surface area contributed by atoms with Crippen molar-refractivity contribution >= 4 is 17.6 Å². The lowest BCUT2D eigenvalue weighted by Gasteiger charge is -2.27. The van der Waals surface area contributed by atoms with E-state index in [0.29, 0.717) is 30.0 Å². The average Bonchev–Trinajstić information content (AvgIpc) is 2.55. The van der Waals surface area contributed by atoms with Gasteiger partial charge >= 0.3 is 5.97 Å². The number of carboxylic acid groups (broad SMARTS) is 1. The maximum absolute atomic E-state index is 12.4. The lowest BCUT2D eigenvalue weighted by atomic mass is 9.78. The summed E-state index contributed by atoms with van der Waals surface area (Å²) >= 11 is 0. The van der Waals surface area contributed by atoms with Crippen LogP contribution in [0.3, 0.4) is 0 Å². The van der Waals surface area contributed by atoms with Crippen LogP contribution in [-0.4, -0.2) is 31.2 Å². The Morgan fingerprint density at radius 2 is 1.82 bits per heavy atom. The van der Waals surface area contributed by atoms with Crippen molar-refractivity contribution in [3.05, 3.63) is 18.2 Å². The van der Waals surface area contributed by atoms with E-state index >= 15 is 0 Å². The van der Waals surface area contributed by atoms with Gasteiger partial charge in [-0.15, -0.1) is 0 Å². The van der Waals surface area contributed by atoms with Gasteiger partial charge in [0.2, 0.25) is 5.91 Å². The van der Waals surface area contributed by atoms with Crippen LogP contribution in [0.2, 0.25) is 0 Å². The number of ether oxygens (including phenoxy) is 2. The highest BCUT2D eigenvalue weighted by Gasteiger charge is 2.35. The van der Waals surface area contributed by atoms with Crippen molar-refractivity contribution in [2.24, 2.45) is 11.8 Å². The fraction of sp³-hybridized carbons (Fsp3) is 0.500. The van der Waals surface area contributed by atoms with Gasteiger partial charge in [-0.05, 0) is 25.0 Å². The van der Waals surface area contributed by atoms with Crippen molar-refractivity contribution in [2.75, 3.05) is 19.5 Å². The van der Waals surface area contributed by atoms with Gasteiger partial charge in [0.1, 0.15) is 11.5 Å². The zero-order valence-electron chi connectivity index (χ0n) is 12.8. The summed E-state index contributed by atoms with van der Waals surface area (Å²) in [5.74, 6) is -1.18. The average molecular weight is 307 g/mol. The number of anilines is 1. The minimum absolute atomic E-state index is 0.268. The number of methoxy groups -OCH3 is 2. The predicted octanol–water partition coefficient (Wildman–Crippen LogP) is 2.53. The number of carboxylic acids is 1. The molecular formula is C16H21NO5. The second kappa shape index (κ2) is 7.15. The van der Waals surface area contributed by atoms with Crippen LogP contribution in [0, 0.1) is 11.8 Å². The molecule has 120 valence electrons. The number of aliphatic carboxylic acids is 1. The van der Waals surface area contributed by atoms with E-state index in [2.05, 4.69) is 5.32 Å². The zero-order chi connectivity index (χ0) is 16.1. The van der Waals surface area contributed by atoms with Crippen molar-refractivity contribution < 1.29 is 24.2 Å². The molecule has 0 spiro atoms. The van der Waals surface area contributed by atoms with Crippen LogP contribution in [0.5, 0.6) is 11.5 Å². The minimum Gasteiger partial charge on any atom is -0.497 e. The van der Waals surface area contributed by atoms with Gasteiger partial charge < -0.3 is 19.9 Å². The highest BCUT2D eigenvalue weighted by Crippen LogP contribution is 2.33. The molecule has 1 aliphatic rings. The van der Waals surface area contributed by atoms with E-state index in [-0.39, 0.29) is 5.91 Å². The Morgan fingerprint density at radius 1 is 1.14 bits per heavy atom. The van der Waals surface area contributed by atoms with Crippen LogP contribution < -0.4 is 14.8 Å². The summed E-state index contributed by atoms with van der Waals surface area (Å²) in [5.41, 5.74) is 0.517. The van der Waals surface area contributed by atoms with E-state index in [1.807, 2.05) is 0 Å². The third-order valence-electron chi connectivity index (χ3n) is 4.09. The third-order valence-corrected chi connectivity index (χ3v) is 4.09. The smallest absolute Gasteiger partial charge is 0.307 e. The largest absolute Gasteiger partial charge is 0.497 e. The SMILES string of the molecule is COc1ccc(NC(=O)[C@H]2CCCC[C@@H]2C(=O)O)c(OC)c1. The van der Waals surface area contributed by atoms with Crippen LogP contribution in [-0.2, 0) is 9.59 Å². The molecule has 1 saturated carbocycles. The summed E-state index contributed by atoms with van der Waals surface area (Å²) in [6.45, 7) is 0. The molecule has 1 aromatic rings. The molecule has 2 atom stereocenters. The Morgan fingerprint density at radius 3 is 2.41 bits per heavy atom. The lowest BCUT2D eigenvalue weighted by molar-refractivity contribution is -0.147. The predicted molar refractivity (Wildman–Crippen MR) is 81.3 cm³/mol. The molecule has 1 aromatic carbocycles. The number of carbonyl (C=O) groups is 2. The maximum atomic E-state index is 12.4. The minimum atomic E-state index is -0.901. The van der Waals surface area contributed by atoms with Gasteiger partial charge in [-0.25, -0.2) is 0 Å². The Labute approximate surface area is 129 Å². The van der Waals surface area contributed by atoms with Gasteiger partial charge in [-0.2, -0.15) is 0 Å². The molecule has 0 unspecified atom stereocenters. The van der Waals surface area contributed by atoms with E-state index in [4.69, 9.17) is 9.47 Å². The molecule has 0 bridgehead atoms. The summed E-state index contributed by atoms with van der Waals surface area (Å²) in [6.07, 6.45) is 2.88. The van der Waals surface area contributed by atoms with Gasteiger partial charge in [0, 0.05) is 6.07 Å². The Hall–Kier alpha value is -2.24. The second-order valence-corrected chi connectivity index (χ2v) is 5.39. The molecule has 0 saturated heterocycles. The number of nitrogens with one attached hydrogen (secondary N) is 1. The molecule has 0 radical (unpaired) electrons. The molecule has 0 heterocycles. The molecule has 6 heteroatoms. The quantitative estimate of drug-likeness (QED) is 0.873. The molecule has 2 N–H and O–H groups in total. The van der Waals surface area contributed by atoms with Crippen molar-refractivity contribution in [1.82, 2.24) is 0 Å². The molecule has 6 nitrogen and oxygen atoms in total. The van der Waals surface area contributed by atoms with Crippen molar-refractivity contribution in [3.8, 4) is 11.5 Å². The number of hydrogen-bond acceptors (Lipinski definition) is 4. The van der Waals surface area contributed by atoms with Crippen molar-refractivity contribution in [1.29, 1.82) is 0 Å². The maximum Gasteiger partial charge on any atom is 0.307 e. The topological polar surface area (TPSA) is 84.9 Å². The molecule has 1 amide bonds. The van der Waals surface area contributed by atoms with E-state index in [1.54, 1.807) is 25.3 Å². The third kappa shape index (κ3) is 3.50. The van der Waals surface area contributed by atoms with Crippen molar-refractivity contribution in [3.63, 3.8) is 0 Å². The normalized spacial score (nSPS) is 21.0. The summed E-state index contributed by atoms with van der Waals surface area (Å²) in [7, 11) is 3.05. The first-order valence-electron chi connectivity index (χ1n) is 7.32. The number of rotatable bonds is 5. The van der Waals surface area contributed by atoms with Gasteiger partial charge in [0.25, 0.3) is 0 Å². The lowest BCUT2D eigenvalue weighted by Crippen LogP contribution is -2.36. The Bertz CT molecular complexity index is 557. The molecule has 2 rings (SSSR count). The summed E-state index contributed by atoms with van der Waals surface area (Å²) in [5, 5.41) is 12.1. The van der Waals surface area contributed by atoms with Gasteiger partial charge in [0.05, 0.1) is 31.7 Å². The molecular weight excluding hydrogens is 286 g/mol. The van der Waals surface area contributed by atoms with Gasteiger partial charge in [-0.3, -0.25) is 9.59 Å². The first-order valence-corrected chi connectivity index (χ1v) is 7.32. The molecule has 22 heavy (non-hydrogen) atoms. The second-order valence-electron chi connectivity index (χ2n) is 5.39. The first-order chi connectivity index (χ1) is 10.6. The van der Waals surface area contributed by atoms with Crippen molar-refractivity contribution in [2.45, 2.75) is 25.7 Å². The number of benzene rings is 1. The Kier molecular flexibility index (Phi) is 5.25. The summed E-state index contributed by atoms with van der Waals surface area (Å²) in [6, 6.07) is 5.08. The van der Waals surface area contributed by atoms with Gasteiger partial charge in [-0.1, -0.05) is 12.8 Å². The molecule has 1 aliphatic carbocycles.